The van der Waals surface area contributed by atoms with Crippen LogP contribution in [0.25, 0.3) is 0 Å². The molecule has 0 saturated heterocycles. The van der Waals surface area contributed by atoms with Crippen LogP contribution in [-0.2, 0) is 0 Å². The second kappa shape index (κ2) is 7.84. The molecule has 0 radical (unpaired) electrons. The topological polar surface area (TPSA) is 76.1 Å². The molecule has 3 rings (SSSR count). The number of benzene rings is 2. The number of halogens is 1. The Bertz CT molecular complexity index is 929. The minimum atomic E-state index is -0.303. The summed E-state index contributed by atoms with van der Waals surface area (Å²) < 4.78 is 5.33. The number of anilines is 3. The zero-order chi connectivity index (χ0) is 18.5. The normalized spacial score (nSPS) is 10.3. The van der Waals surface area contributed by atoms with Gasteiger partial charge in [-0.3, -0.25) is 4.79 Å². The lowest BCUT2D eigenvalue weighted by Gasteiger charge is -2.11. The van der Waals surface area contributed by atoms with Crippen LogP contribution >= 0.6 is 11.6 Å². The number of ether oxygens (including phenoxy) is 1. The van der Waals surface area contributed by atoms with Crippen LogP contribution < -0.4 is 15.4 Å². The largest absolute Gasteiger partial charge is 0.495 e. The number of rotatable bonds is 5. The van der Waals surface area contributed by atoms with Crippen LogP contribution in [0.4, 0.5) is 17.3 Å². The van der Waals surface area contributed by atoms with Crippen molar-refractivity contribution < 1.29 is 9.53 Å². The van der Waals surface area contributed by atoms with Crippen molar-refractivity contribution in [3.8, 4) is 5.75 Å². The molecule has 2 N–H and O–H groups in total. The number of hydrogen-bond acceptors (Lipinski definition) is 5. The number of nitrogens with one attached hydrogen (secondary N) is 2. The molecule has 1 amide bonds. The molecule has 0 aliphatic carbocycles. The summed E-state index contributed by atoms with van der Waals surface area (Å²) >= 11 is 5.90. The van der Waals surface area contributed by atoms with Gasteiger partial charge >= 0.3 is 0 Å². The Morgan fingerprint density at radius 3 is 2.50 bits per heavy atom. The molecule has 0 saturated carbocycles. The minimum Gasteiger partial charge on any atom is -0.495 e. The molecule has 2 aromatic carbocycles. The molecule has 1 heterocycles. The molecule has 0 unspecified atom stereocenters. The van der Waals surface area contributed by atoms with Gasteiger partial charge < -0.3 is 15.4 Å². The first-order chi connectivity index (χ1) is 12.5. The summed E-state index contributed by atoms with van der Waals surface area (Å²) in [6, 6.07) is 15.9. The zero-order valence-electron chi connectivity index (χ0n) is 14.3. The first-order valence-corrected chi connectivity index (χ1v) is 8.25. The highest BCUT2D eigenvalue weighted by molar-refractivity contribution is 6.31. The first-order valence-electron chi connectivity index (χ1n) is 7.87. The molecule has 3 aromatic rings. The van der Waals surface area contributed by atoms with Crippen LogP contribution in [0.5, 0.6) is 5.75 Å². The van der Waals surface area contributed by atoms with E-state index >= 15 is 0 Å². The van der Waals surface area contributed by atoms with Crippen LogP contribution in [0.1, 0.15) is 15.9 Å². The Morgan fingerprint density at radius 2 is 1.81 bits per heavy atom. The van der Waals surface area contributed by atoms with Crippen molar-refractivity contribution in [3.63, 3.8) is 0 Å². The van der Waals surface area contributed by atoms with Gasteiger partial charge in [-0.1, -0.05) is 23.7 Å². The zero-order valence-corrected chi connectivity index (χ0v) is 15.0. The van der Waals surface area contributed by atoms with E-state index in [-0.39, 0.29) is 5.91 Å². The predicted octanol–water partition coefficient (Wildman–Crippen LogP) is 4.44. The number of methoxy groups -OCH3 is 1. The Morgan fingerprint density at radius 1 is 1.04 bits per heavy atom. The molecular formula is C19H17ClN4O2. The Kier molecular flexibility index (Phi) is 5.34. The van der Waals surface area contributed by atoms with Crippen LogP contribution in [0.3, 0.4) is 0 Å². The van der Waals surface area contributed by atoms with Gasteiger partial charge in [0.2, 0.25) is 0 Å². The van der Waals surface area contributed by atoms with Crippen molar-refractivity contribution in [1.29, 1.82) is 0 Å². The first kappa shape index (κ1) is 17.7. The summed E-state index contributed by atoms with van der Waals surface area (Å²) in [5, 5.41) is 14.4. The van der Waals surface area contributed by atoms with E-state index in [4.69, 9.17) is 16.3 Å². The number of aryl methyl sites for hydroxylation is 1. The van der Waals surface area contributed by atoms with Gasteiger partial charge in [-0.25, -0.2) is 0 Å². The maximum atomic E-state index is 12.2. The van der Waals surface area contributed by atoms with E-state index in [1.165, 1.54) is 0 Å². The second-order valence-corrected chi connectivity index (χ2v) is 6.03. The quantitative estimate of drug-likeness (QED) is 0.696. The summed E-state index contributed by atoms with van der Waals surface area (Å²) in [6.45, 7) is 1.99. The standard InChI is InChI=1S/C19H17ClN4O2/c1-12-6-7-16(26-2)15(10-12)21-17-8-9-18(24-23-17)22-19(25)13-4-3-5-14(20)11-13/h3-11H,1-2H3,(H,21,23)(H,22,24,25). The highest BCUT2D eigenvalue weighted by Gasteiger charge is 2.09. The van der Waals surface area contributed by atoms with Gasteiger partial charge in [0.15, 0.2) is 11.6 Å². The smallest absolute Gasteiger partial charge is 0.256 e. The fourth-order valence-corrected chi connectivity index (χ4v) is 2.53. The lowest BCUT2D eigenvalue weighted by molar-refractivity contribution is 0.102. The van der Waals surface area contributed by atoms with Gasteiger partial charge in [-0.05, 0) is 55.0 Å². The second-order valence-electron chi connectivity index (χ2n) is 5.60. The van der Waals surface area contributed by atoms with Crippen LogP contribution in [0, 0.1) is 6.92 Å². The fraction of sp³-hybridized carbons (Fsp3) is 0.105. The summed E-state index contributed by atoms with van der Waals surface area (Å²) in [5.41, 5.74) is 2.33. The maximum Gasteiger partial charge on any atom is 0.256 e. The SMILES string of the molecule is COc1ccc(C)cc1Nc1ccc(NC(=O)c2cccc(Cl)c2)nn1. The minimum absolute atomic E-state index is 0.303. The monoisotopic (exact) mass is 368 g/mol. The van der Waals surface area contributed by atoms with Crippen LogP contribution in [0.2, 0.25) is 5.02 Å². The van der Waals surface area contributed by atoms with Crippen molar-refractivity contribution in [2.45, 2.75) is 6.92 Å². The average molecular weight is 369 g/mol. The molecule has 0 aliphatic heterocycles. The summed E-state index contributed by atoms with van der Waals surface area (Å²) in [6.07, 6.45) is 0. The number of hydrogen-bond donors (Lipinski definition) is 2. The van der Waals surface area contributed by atoms with Gasteiger partial charge in [0.25, 0.3) is 5.91 Å². The van der Waals surface area contributed by atoms with Crippen LogP contribution in [0.15, 0.2) is 54.6 Å². The Labute approximate surface area is 156 Å². The maximum absolute atomic E-state index is 12.2. The molecule has 0 spiro atoms. The summed E-state index contributed by atoms with van der Waals surface area (Å²) in [5.74, 6) is 1.28. The number of carbonyl (C=O) groups excluding carboxylic acids is 1. The number of aromatic nitrogens is 2. The Hall–Kier alpha value is -3.12. The van der Waals surface area contributed by atoms with Crippen LogP contribution in [-0.4, -0.2) is 23.2 Å². The van der Waals surface area contributed by atoms with Gasteiger partial charge in [0.1, 0.15) is 5.75 Å². The highest BCUT2D eigenvalue weighted by atomic mass is 35.5. The third-order valence-electron chi connectivity index (χ3n) is 3.61. The molecule has 0 aliphatic rings. The molecule has 0 bridgehead atoms. The lowest BCUT2D eigenvalue weighted by atomic mass is 10.2. The van der Waals surface area contributed by atoms with Gasteiger partial charge in [0.05, 0.1) is 12.8 Å². The van der Waals surface area contributed by atoms with Gasteiger partial charge in [0, 0.05) is 10.6 Å². The van der Waals surface area contributed by atoms with E-state index in [0.717, 1.165) is 11.3 Å². The van der Waals surface area contributed by atoms with E-state index in [9.17, 15) is 4.79 Å². The molecule has 132 valence electrons. The molecule has 1 aromatic heterocycles. The number of carbonyl (C=O) groups is 1. The fourth-order valence-electron chi connectivity index (χ4n) is 2.34. The van der Waals surface area contributed by atoms with Crippen molar-refractivity contribution >= 4 is 34.8 Å². The third-order valence-corrected chi connectivity index (χ3v) is 3.85. The van der Waals surface area contributed by atoms with E-state index in [1.54, 1.807) is 43.5 Å². The third kappa shape index (κ3) is 4.29. The van der Waals surface area contributed by atoms with E-state index < -0.39 is 0 Å². The molecule has 7 heteroatoms. The molecule has 0 fully saturated rings. The molecular weight excluding hydrogens is 352 g/mol. The number of amides is 1. The van der Waals surface area contributed by atoms with E-state index in [2.05, 4.69) is 20.8 Å². The van der Waals surface area contributed by atoms with Crippen molar-refractivity contribution in [3.05, 3.63) is 70.7 Å². The molecule has 26 heavy (non-hydrogen) atoms. The van der Waals surface area contributed by atoms with Crippen molar-refractivity contribution in [2.75, 3.05) is 17.7 Å². The summed E-state index contributed by atoms with van der Waals surface area (Å²) in [7, 11) is 1.61. The summed E-state index contributed by atoms with van der Waals surface area (Å²) in [4.78, 5) is 12.2. The molecule has 6 nitrogen and oxygen atoms in total. The van der Waals surface area contributed by atoms with E-state index in [0.29, 0.717) is 28.0 Å². The van der Waals surface area contributed by atoms with Crippen molar-refractivity contribution in [1.82, 2.24) is 10.2 Å². The average Bonchev–Trinajstić information content (AvgIpc) is 2.63. The predicted molar refractivity (Wildman–Crippen MR) is 102 cm³/mol. The van der Waals surface area contributed by atoms with Gasteiger partial charge in [-0.15, -0.1) is 10.2 Å². The van der Waals surface area contributed by atoms with E-state index in [1.807, 2.05) is 25.1 Å². The molecule has 0 atom stereocenters. The van der Waals surface area contributed by atoms with Gasteiger partial charge in [-0.2, -0.15) is 0 Å². The number of nitrogens with zero attached hydrogens (tertiary/aromatic N) is 2. The van der Waals surface area contributed by atoms with Crippen molar-refractivity contribution in [2.24, 2.45) is 0 Å². The highest BCUT2D eigenvalue weighted by Crippen LogP contribution is 2.27. The lowest BCUT2D eigenvalue weighted by Crippen LogP contribution is -2.13. The Balaban J connectivity index is 1.71.